The van der Waals surface area contributed by atoms with Crippen LogP contribution in [0.3, 0.4) is 0 Å². The van der Waals surface area contributed by atoms with Crippen LogP contribution >= 0.6 is 12.2 Å². The number of hydrogen-bond acceptors (Lipinski definition) is 3. The van der Waals surface area contributed by atoms with Gasteiger partial charge in [0.25, 0.3) is 0 Å². The van der Waals surface area contributed by atoms with E-state index in [1.165, 1.54) is 6.33 Å². The average molecular weight is 170 g/mol. The van der Waals surface area contributed by atoms with Gasteiger partial charge in [0.1, 0.15) is 12.7 Å². The maximum Gasteiger partial charge on any atom is 0.137 e. The minimum Gasteiger partial charge on any atom is -0.393 e. The summed E-state index contributed by atoms with van der Waals surface area (Å²) in [6, 6.07) is 0. The largest absolute Gasteiger partial charge is 0.393 e. The van der Waals surface area contributed by atoms with Crippen molar-refractivity contribution < 1.29 is 0 Å². The number of thiocarbonyl (C=S) groups is 1. The molecule has 0 aliphatic heterocycles. The van der Waals surface area contributed by atoms with Crippen molar-refractivity contribution >= 4 is 17.2 Å². The summed E-state index contributed by atoms with van der Waals surface area (Å²) in [7, 11) is 0. The van der Waals surface area contributed by atoms with E-state index < -0.39 is 0 Å². The fourth-order valence-electron chi connectivity index (χ4n) is 0.763. The van der Waals surface area contributed by atoms with Crippen LogP contribution in [0.4, 0.5) is 0 Å². The highest BCUT2D eigenvalue weighted by Gasteiger charge is 1.92. The second kappa shape index (κ2) is 4.02. The number of aryl methyl sites for hydroxylation is 1. The minimum absolute atomic E-state index is 0.560. The zero-order chi connectivity index (χ0) is 8.10. The molecule has 2 N–H and O–H groups in total. The molecule has 1 rings (SSSR count). The van der Waals surface area contributed by atoms with E-state index in [1.807, 2.05) is 0 Å². The van der Waals surface area contributed by atoms with Crippen molar-refractivity contribution in [2.24, 2.45) is 5.73 Å². The Morgan fingerprint density at radius 2 is 2.45 bits per heavy atom. The predicted octanol–water partition coefficient (Wildman–Crippen LogP) is 0.344. The molecule has 11 heavy (non-hydrogen) atoms. The van der Waals surface area contributed by atoms with Crippen molar-refractivity contribution in [2.45, 2.75) is 19.4 Å². The summed E-state index contributed by atoms with van der Waals surface area (Å²) in [6.45, 7) is 0.831. The van der Waals surface area contributed by atoms with Crippen molar-refractivity contribution in [1.82, 2.24) is 14.8 Å². The molecular formula is C6H10N4S. The number of nitrogens with two attached hydrogens (primary N) is 1. The van der Waals surface area contributed by atoms with Gasteiger partial charge in [-0.15, -0.1) is 0 Å². The van der Waals surface area contributed by atoms with Crippen molar-refractivity contribution in [1.29, 1.82) is 0 Å². The second-order valence-electron chi connectivity index (χ2n) is 2.23. The smallest absolute Gasteiger partial charge is 0.137 e. The van der Waals surface area contributed by atoms with Gasteiger partial charge in [-0.25, -0.2) is 4.98 Å². The van der Waals surface area contributed by atoms with Crippen molar-refractivity contribution in [3.05, 3.63) is 12.7 Å². The van der Waals surface area contributed by atoms with E-state index in [9.17, 15) is 0 Å². The maximum absolute atomic E-state index is 5.32. The summed E-state index contributed by atoms with van der Waals surface area (Å²) in [5.41, 5.74) is 5.32. The molecule has 0 spiro atoms. The zero-order valence-corrected chi connectivity index (χ0v) is 6.92. The van der Waals surface area contributed by atoms with Gasteiger partial charge in [0, 0.05) is 6.54 Å². The third-order valence-electron chi connectivity index (χ3n) is 1.28. The van der Waals surface area contributed by atoms with E-state index in [4.69, 9.17) is 18.0 Å². The van der Waals surface area contributed by atoms with Crippen LogP contribution in [0.15, 0.2) is 12.7 Å². The Bertz CT molecular complexity index is 218. The van der Waals surface area contributed by atoms with E-state index >= 15 is 0 Å². The summed E-state index contributed by atoms with van der Waals surface area (Å²) in [5.74, 6) is 0. The molecule has 1 aromatic rings. The quantitative estimate of drug-likeness (QED) is 0.662. The van der Waals surface area contributed by atoms with Crippen LogP contribution in [0.1, 0.15) is 12.8 Å². The van der Waals surface area contributed by atoms with Gasteiger partial charge < -0.3 is 5.73 Å². The Morgan fingerprint density at radius 3 is 3.00 bits per heavy atom. The van der Waals surface area contributed by atoms with Gasteiger partial charge in [-0.2, -0.15) is 5.10 Å². The molecule has 0 aromatic carbocycles. The van der Waals surface area contributed by atoms with Gasteiger partial charge in [0.2, 0.25) is 0 Å². The third-order valence-corrected chi connectivity index (χ3v) is 1.48. The molecule has 0 amide bonds. The van der Waals surface area contributed by atoms with Gasteiger partial charge in [-0.3, -0.25) is 4.68 Å². The average Bonchev–Trinajstić information content (AvgIpc) is 2.39. The Balaban J connectivity index is 2.19. The Labute approximate surface area is 70.4 Å². The van der Waals surface area contributed by atoms with Crippen LogP contribution < -0.4 is 5.73 Å². The van der Waals surface area contributed by atoms with Crippen LogP contribution in [0.25, 0.3) is 0 Å². The summed E-state index contributed by atoms with van der Waals surface area (Å²) in [4.78, 5) is 4.37. The van der Waals surface area contributed by atoms with Crippen LogP contribution in [0.2, 0.25) is 0 Å². The van der Waals surface area contributed by atoms with E-state index in [-0.39, 0.29) is 0 Å². The third kappa shape index (κ3) is 3.08. The first-order valence-corrected chi connectivity index (χ1v) is 3.80. The maximum atomic E-state index is 5.32. The van der Waals surface area contributed by atoms with E-state index in [0.29, 0.717) is 4.99 Å². The second-order valence-corrected chi connectivity index (χ2v) is 2.75. The molecule has 0 saturated carbocycles. The lowest BCUT2D eigenvalue weighted by Gasteiger charge is -1.97. The van der Waals surface area contributed by atoms with Gasteiger partial charge in [-0.1, -0.05) is 12.2 Å². The fraction of sp³-hybridized carbons (Fsp3) is 0.500. The van der Waals surface area contributed by atoms with Crippen LogP contribution in [-0.4, -0.2) is 19.8 Å². The zero-order valence-electron chi connectivity index (χ0n) is 6.10. The van der Waals surface area contributed by atoms with Gasteiger partial charge >= 0.3 is 0 Å². The van der Waals surface area contributed by atoms with E-state index in [0.717, 1.165) is 19.4 Å². The molecule has 1 aromatic heterocycles. The molecule has 0 saturated heterocycles. The van der Waals surface area contributed by atoms with Gasteiger partial charge in [0.05, 0.1) is 4.99 Å². The molecule has 0 aliphatic rings. The highest BCUT2D eigenvalue weighted by atomic mass is 32.1. The summed E-state index contributed by atoms with van der Waals surface area (Å²) < 4.78 is 1.76. The molecule has 0 unspecified atom stereocenters. The Morgan fingerprint density at radius 1 is 1.64 bits per heavy atom. The van der Waals surface area contributed by atoms with Gasteiger partial charge in [-0.05, 0) is 12.8 Å². The molecule has 4 nitrogen and oxygen atoms in total. The lowest BCUT2D eigenvalue weighted by atomic mass is 10.3. The summed E-state index contributed by atoms with van der Waals surface area (Å²) >= 11 is 4.72. The van der Waals surface area contributed by atoms with E-state index in [1.54, 1.807) is 11.0 Å². The Kier molecular flexibility index (Phi) is 2.97. The minimum atomic E-state index is 0.560. The molecule has 0 radical (unpaired) electrons. The monoisotopic (exact) mass is 170 g/mol. The van der Waals surface area contributed by atoms with Crippen molar-refractivity contribution in [3.8, 4) is 0 Å². The first kappa shape index (κ1) is 8.13. The normalized spacial score (nSPS) is 9.82. The molecule has 0 atom stereocenters. The highest BCUT2D eigenvalue weighted by Crippen LogP contribution is 1.92. The molecule has 5 heteroatoms. The van der Waals surface area contributed by atoms with Crippen molar-refractivity contribution in [3.63, 3.8) is 0 Å². The first-order valence-electron chi connectivity index (χ1n) is 3.40. The van der Waals surface area contributed by atoms with Crippen LogP contribution in [0.5, 0.6) is 0 Å². The SMILES string of the molecule is NC(=S)CCCn1cncn1. The standard InChI is InChI=1S/C6H10N4S/c7-6(11)2-1-3-10-5-8-4-9-10/h4-5H,1-3H2,(H2,7,11). The number of hydrogen-bond donors (Lipinski definition) is 1. The predicted molar refractivity (Wildman–Crippen MR) is 46.0 cm³/mol. The highest BCUT2D eigenvalue weighted by molar-refractivity contribution is 7.80. The van der Waals surface area contributed by atoms with Crippen LogP contribution in [0, 0.1) is 0 Å². The summed E-state index contributed by atoms with van der Waals surface area (Å²) in [5, 5.41) is 3.93. The topological polar surface area (TPSA) is 56.7 Å². The number of rotatable bonds is 4. The molecule has 0 bridgehead atoms. The lowest BCUT2D eigenvalue weighted by Crippen LogP contribution is -2.09. The molecule has 0 aliphatic carbocycles. The van der Waals surface area contributed by atoms with Crippen LogP contribution in [-0.2, 0) is 6.54 Å². The molecular weight excluding hydrogens is 160 g/mol. The Hall–Kier alpha value is -0.970. The number of aromatic nitrogens is 3. The van der Waals surface area contributed by atoms with E-state index in [2.05, 4.69) is 10.1 Å². The lowest BCUT2D eigenvalue weighted by molar-refractivity contribution is 0.588. The molecule has 1 heterocycles. The van der Waals surface area contributed by atoms with Crippen molar-refractivity contribution in [2.75, 3.05) is 0 Å². The molecule has 60 valence electrons. The number of nitrogens with zero attached hydrogens (tertiary/aromatic N) is 3. The molecule has 0 fully saturated rings. The van der Waals surface area contributed by atoms with Gasteiger partial charge in [0.15, 0.2) is 0 Å². The first-order chi connectivity index (χ1) is 5.29. The fourth-order valence-corrected chi connectivity index (χ4v) is 0.908. The summed E-state index contributed by atoms with van der Waals surface area (Å²) in [6.07, 6.45) is 4.90.